The summed E-state index contributed by atoms with van der Waals surface area (Å²) >= 11 is 0. The van der Waals surface area contributed by atoms with E-state index in [9.17, 15) is 13.6 Å². The molecule has 0 radical (unpaired) electrons. The van der Waals surface area contributed by atoms with Gasteiger partial charge in [0.05, 0.1) is 6.54 Å². The fourth-order valence-corrected chi connectivity index (χ4v) is 2.89. The van der Waals surface area contributed by atoms with Gasteiger partial charge in [-0.15, -0.1) is 24.0 Å². The van der Waals surface area contributed by atoms with Crippen LogP contribution in [0.1, 0.15) is 25.0 Å². The maximum atomic E-state index is 12.3. The summed E-state index contributed by atoms with van der Waals surface area (Å²) in [4.78, 5) is 18.2. The Morgan fingerprint density at radius 2 is 1.73 bits per heavy atom. The van der Waals surface area contributed by atoms with E-state index in [4.69, 9.17) is 4.74 Å². The van der Waals surface area contributed by atoms with Crippen LogP contribution in [-0.2, 0) is 17.9 Å². The van der Waals surface area contributed by atoms with Crippen LogP contribution in [0.5, 0.6) is 11.5 Å². The molecule has 0 atom stereocenters. The Bertz CT molecular complexity index is 882. The first kappa shape index (κ1) is 28.4. The molecule has 0 unspecified atom stereocenters. The third-order valence-corrected chi connectivity index (χ3v) is 4.32. The van der Waals surface area contributed by atoms with E-state index in [-0.39, 0.29) is 42.2 Å². The normalized spacial score (nSPS) is 10.9. The number of carbonyl (C=O) groups is 1. The lowest BCUT2D eigenvalue weighted by molar-refractivity contribution is -0.122. The molecule has 2 aromatic rings. The first-order valence-corrected chi connectivity index (χ1v) is 10.4. The van der Waals surface area contributed by atoms with E-state index in [2.05, 4.69) is 20.4 Å². The molecule has 2 N–H and O–H groups in total. The van der Waals surface area contributed by atoms with Crippen LogP contribution in [-0.4, -0.2) is 50.1 Å². The van der Waals surface area contributed by atoms with Gasteiger partial charge in [0.25, 0.3) is 5.91 Å². The van der Waals surface area contributed by atoms with Crippen LogP contribution in [0.2, 0.25) is 0 Å². The van der Waals surface area contributed by atoms with Crippen molar-refractivity contribution in [1.29, 1.82) is 0 Å². The summed E-state index contributed by atoms with van der Waals surface area (Å²) in [6.45, 7) is 3.18. The number of hydrogen-bond donors (Lipinski definition) is 2. The number of amides is 1. The van der Waals surface area contributed by atoms with Crippen LogP contribution in [0, 0.1) is 0 Å². The second kappa shape index (κ2) is 15.3. The highest BCUT2D eigenvalue weighted by molar-refractivity contribution is 14.0. The summed E-state index contributed by atoms with van der Waals surface area (Å²) in [7, 11) is 1.90. The average Bonchev–Trinajstić information content (AvgIpc) is 2.76. The smallest absolute Gasteiger partial charge is 0.387 e. The van der Waals surface area contributed by atoms with Gasteiger partial charge in [-0.25, -0.2) is 4.99 Å². The summed E-state index contributed by atoms with van der Waals surface area (Å²) in [5, 5.41) is 5.94. The van der Waals surface area contributed by atoms with Crippen LogP contribution in [0.25, 0.3) is 0 Å². The van der Waals surface area contributed by atoms with Gasteiger partial charge in [0, 0.05) is 26.7 Å². The lowest BCUT2D eigenvalue weighted by atomic mass is 10.2. The number of carbonyl (C=O) groups excluding carboxylic acids is 1. The molecule has 10 heteroatoms. The Labute approximate surface area is 210 Å². The highest BCUT2D eigenvalue weighted by Gasteiger charge is 2.09. The Balaban J connectivity index is 0.00000544. The Kier molecular flexibility index (Phi) is 13.1. The Morgan fingerprint density at radius 1 is 1.03 bits per heavy atom. The molecule has 0 aliphatic carbocycles. The van der Waals surface area contributed by atoms with Crippen molar-refractivity contribution in [2.75, 3.05) is 26.7 Å². The second-order valence-electron chi connectivity index (χ2n) is 6.94. The molecule has 0 heterocycles. The van der Waals surface area contributed by atoms with Gasteiger partial charge in [0.15, 0.2) is 12.6 Å². The summed E-state index contributed by atoms with van der Waals surface area (Å²) in [6, 6.07) is 14.0. The standard InChI is InChI=1S/C23H30F2N4O3.HI/c1-4-26-21(30)16-31-20-8-6-7-18(13-20)14-28-23(27-5-2)29(3)15-17-9-11-19(12-10-17)32-22(24)25;/h6-13,22H,4-5,14-16H2,1-3H3,(H,26,30)(H,27,28);1H. The summed E-state index contributed by atoms with van der Waals surface area (Å²) in [5.41, 5.74) is 1.87. The van der Waals surface area contributed by atoms with Gasteiger partial charge in [0.1, 0.15) is 11.5 Å². The van der Waals surface area contributed by atoms with Crippen molar-refractivity contribution in [2.45, 2.75) is 33.5 Å². The van der Waals surface area contributed by atoms with E-state index < -0.39 is 6.61 Å². The van der Waals surface area contributed by atoms with Crippen LogP contribution in [0.3, 0.4) is 0 Å². The maximum absolute atomic E-state index is 12.3. The van der Waals surface area contributed by atoms with Crippen molar-refractivity contribution in [3.8, 4) is 11.5 Å². The molecule has 7 nitrogen and oxygen atoms in total. The molecular weight excluding hydrogens is 545 g/mol. The number of halogens is 3. The van der Waals surface area contributed by atoms with Gasteiger partial charge in [-0.05, 0) is 49.2 Å². The summed E-state index contributed by atoms with van der Waals surface area (Å²) in [5.74, 6) is 1.27. The van der Waals surface area contributed by atoms with E-state index in [1.54, 1.807) is 18.2 Å². The minimum atomic E-state index is -2.84. The van der Waals surface area contributed by atoms with Crippen LogP contribution in [0.4, 0.5) is 8.78 Å². The molecule has 0 fully saturated rings. The number of nitrogens with zero attached hydrogens (tertiary/aromatic N) is 2. The SMILES string of the molecule is CCNC(=O)COc1cccc(CN=C(NCC)N(C)Cc2ccc(OC(F)F)cc2)c1.I. The molecule has 2 aromatic carbocycles. The number of benzene rings is 2. The first-order chi connectivity index (χ1) is 15.4. The number of ether oxygens (including phenoxy) is 2. The van der Waals surface area contributed by atoms with Crippen molar-refractivity contribution in [1.82, 2.24) is 15.5 Å². The largest absolute Gasteiger partial charge is 0.484 e. The van der Waals surface area contributed by atoms with Gasteiger partial charge >= 0.3 is 6.61 Å². The lowest BCUT2D eigenvalue weighted by Crippen LogP contribution is -2.38. The molecule has 1 amide bonds. The highest BCUT2D eigenvalue weighted by atomic mass is 127. The lowest BCUT2D eigenvalue weighted by Gasteiger charge is -2.22. The predicted octanol–water partition coefficient (Wildman–Crippen LogP) is 4.02. The molecule has 0 bridgehead atoms. The first-order valence-electron chi connectivity index (χ1n) is 10.4. The monoisotopic (exact) mass is 576 g/mol. The fraction of sp³-hybridized carbons (Fsp3) is 0.391. The molecule has 0 aliphatic heterocycles. The van der Waals surface area contributed by atoms with Crippen molar-refractivity contribution in [2.24, 2.45) is 4.99 Å². The minimum absolute atomic E-state index is 0. The predicted molar refractivity (Wildman–Crippen MR) is 135 cm³/mol. The van der Waals surface area contributed by atoms with Crippen molar-refractivity contribution in [3.63, 3.8) is 0 Å². The fourth-order valence-electron chi connectivity index (χ4n) is 2.89. The van der Waals surface area contributed by atoms with E-state index in [0.29, 0.717) is 37.9 Å². The van der Waals surface area contributed by atoms with E-state index in [0.717, 1.165) is 11.1 Å². The Morgan fingerprint density at radius 3 is 2.36 bits per heavy atom. The van der Waals surface area contributed by atoms with E-state index in [1.165, 1.54) is 12.1 Å². The van der Waals surface area contributed by atoms with Gasteiger partial charge in [-0.3, -0.25) is 4.79 Å². The molecule has 0 spiro atoms. The van der Waals surface area contributed by atoms with E-state index in [1.807, 2.05) is 44.0 Å². The molecule has 0 saturated carbocycles. The van der Waals surface area contributed by atoms with Crippen molar-refractivity contribution in [3.05, 3.63) is 59.7 Å². The number of nitrogens with one attached hydrogen (secondary N) is 2. The number of aliphatic imine (C=N–C) groups is 1. The molecule has 0 saturated heterocycles. The quantitative estimate of drug-likeness (QED) is 0.240. The molecular formula is C23H31F2IN4O3. The topological polar surface area (TPSA) is 75.2 Å². The third-order valence-electron chi connectivity index (χ3n) is 4.32. The number of hydrogen-bond acceptors (Lipinski definition) is 4. The second-order valence-corrected chi connectivity index (χ2v) is 6.94. The minimum Gasteiger partial charge on any atom is -0.484 e. The molecule has 182 valence electrons. The molecule has 33 heavy (non-hydrogen) atoms. The highest BCUT2D eigenvalue weighted by Crippen LogP contribution is 2.16. The molecule has 2 rings (SSSR count). The summed E-state index contributed by atoms with van der Waals surface area (Å²) < 4.78 is 34.5. The van der Waals surface area contributed by atoms with Crippen LogP contribution >= 0.6 is 24.0 Å². The maximum Gasteiger partial charge on any atom is 0.387 e. The number of likely N-dealkylation sites (N-methyl/N-ethyl adjacent to an activating group) is 1. The number of alkyl halides is 2. The molecule has 0 aliphatic rings. The zero-order valence-electron chi connectivity index (χ0n) is 19.0. The van der Waals surface area contributed by atoms with Gasteiger partial charge in [0.2, 0.25) is 0 Å². The van der Waals surface area contributed by atoms with E-state index >= 15 is 0 Å². The number of rotatable bonds is 11. The Hall–Kier alpha value is -2.63. The number of guanidine groups is 1. The van der Waals surface area contributed by atoms with Crippen LogP contribution < -0.4 is 20.1 Å². The zero-order chi connectivity index (χ0) is 23.3. The van der Waals surface area contributed by atoms with Gasteiger partial charge in [-0.1, -0.05) is 24.3 Å². The molecule has 0 aromatic heterocycles. The van der Waals surface area contributed by atoms with Crippen LogP contribution in [0.15, 0.2) is 53.5 Å². The third kappa shape index (κ3) is 10.7. The van der Waals surface area contributed by atoms with Gasteiger partial charge in [-0.2, -0.15) is 8.78 Å². The van der Waals surface area contributed by atoms with Gasteiger partial charge < -0.3 is 25.0 Å². The average molecular weight is 576 g/mol. The van der Waals surface area contributed by atoms with Crippen molar-refractivity contribution < 1.29 is 23.0 Å². The zero-order valence-corrected chi connectivity index (χ0v) is 21.3. The van der Waals surface area contributed by atoms with Crippen molar-refractivity contribution >= 4 is 35.8 Å². The summed E-state index contributed by atoms with van der Waals surface area (Å²) in [6.07, 6.45) is 0.